The van der Waals surface area contributed by atoms with Gasteiger partial charge in [-0.2, -0.15) is 0 Å². The number of fused-ring (bicyclic) bond motifs is 3. The second kappa shape index (κ2) is 5.73. The average Bonchev–Trinajstić information content (AvgIpc) is 2.45. The van der Waals surface area contributed by atoms with E-state index in [2.05, 4.69) is 83.3 Å². The van der Waals surface area contributed by atoms with Crippen molar-refractivity contribution in [2.75, 3.05) is 5.32 Å². The molecule has 0 spiro atoms. The van der Waals surface area contributed by atoms with Gasteiger partial charge in [-0.25, -0.2) is 0 Å². The molecule has 0 aromatic heterocycles. The summed E-state index contributed by atoms with van der Waals surface area (Å²) in [6.45, 7) is 13.1. The Bertz CT molecular complexity index is 751. The highest BCUT2D eigenvalue weighted by Crippen LogP contribution is 2.43. The van der Waals surface area contributed by atoms with E-state index in [1.165, 1.54) is 16.7 Å². The molecule has 128 valence electrons. The molecule has 24 heavy (non-hydrogen) atoms. The number of ether oxygens (including phenoxy) is 2. The molecule has 3 heteroatoms. The maximum absolute atomic E-state index is 6.21. The summed E-state index contributed by atoms with van der Waals surface area (Å²) in [5.74, 6) is 1.60. The zero-order valence-corrected chi connectivity index (χ0v) is 15.5. The number of rotatable bonds is 2. The van der Waals surface area contributed by atoms with Crippen molar-refractivity contribution in [1.82, 2.24) is 0 Å². The van der Waals surface area contributed by atoms with Gasteiger partial charge >= 0.3 is 0 Å². The molecule has 0 saturated carbocycles. The Hall–Kier alpha value is -2.16. The number of benzene rings is 2. The predicted octanol–water partition coefficient (Wildman–Crippen LogP) is 5.63. The zero-order valence-electron chi connectivity index (χ0n) is 15.5. The van der Waals surface area contributed by atoms with E-state index < -0.39 is 0 Å². The molecule has 0 saturated heterocycles. The fraction of sp³-hybridized carbons (Fsp3) is 0.429. The Labute approximate surface area is 145 Å². The van der Waals surface area contributed by atoms with Gasteiger partial charge in [0.2, 0.25) is 0 Å². The molecule has 0 fully saturated rings. The van der Waals surface area contributed by atoms with E-state index in [-0.39, 0.29) is 11.2 Å². The van der Waals surface area contributed by atoms with Gasteiger partial charge in [0.1, 0.15) is 11.2 Å². The first-order valence-electron chi connectivity index (χ1n) is 8.51. The fourth-order valence-electron chi connectivity index (χ4n) is 2.88. The fourth-order valence-corrected chi connectivity index (χ4v) is 2.88. The lowest BCUT2D eigenvalue weighted by molar-refractivity contribution is 0.0957. The zero-order chi connectivity index (χ0) is 17.5. The van der Waals surface area contributed by atoms with Crippen LogP contribution in [0.1, 0.15) is 47.1 Å². The van der Waals surface area contributed by atoms with Crippen LogP contribution in [0.3, 0.4) is 0 Å². The molecular formula is C21H27NO2. The van der Waals surface area contributed by atoms with Crippen LogP contribution in [0.2, 0.25) is 0 Å². The lowest BCUT2D eigenvalue weighted by atomic mass is 9.94. The van der Waals surface area contributed by atoms with Gasteiger partial charge in [0.05, 0.1) is 0 Å². The topological polar surface area (TPSA) is 30.5 Å². The molecule has 0 radical (unpaired) electrons. The second-order valence-corrected chi connectivity index (χ2v) is 8.28. The van der Waals surface area contributed by atoms with Crippen molar-refractivity contribution >= 4 is 5.69 Å². The summed E-state index contributed by atoms with van der Waals surface area (Å²) in [5, 5.41) is 3.48. The molecule has 2 aromatic rings. The highest BCUT2D eigenvalue weighted by molar-refractivity contribution is 5.84. The van der Waals surface area contributed by atoms with Crippen LogP contribution < -0.4 is 14.8 Å². The molecule has 3 rings (SSSR count). The molecule has 1 N–H and O–H groups in total. The van der Waals surface area contributed by atoms with Crippen LogP contribution >= 0.6 is 0 Å². The van der Waals surface area contributed by atoms with Crippen LogP contribution in [0, 0.1) is 0 Å². The van der Waals surface area contributed by atoms with E-state index in [1.54, 1.807) is 0 Å². The van der Waals surface area contributed by atoms with Crippen molar-refractivity contribution in [3.63, 3.8) is 0 Å². The largest absolute Gasteiger partial charge is 0.484 e. The van der Waals surface area contributed by atoms with Crippen LogP contribution in [-0.4, -0.2) is 11.2 Å². The first-order valence-corrected chi connectivity index (χ1v) is 8.51. The minimum Gasteiger partial charge on any atom is -0.484 e. The summed E-state index contributed by atoms with van der Waals surface area (Å²) in [4.78, 5) is 0. The molecule has 0 unspecified atom stereocenters. The number of hydrogen-bond donors (Lipinski definition) is 1. The van der Waals surface area contributed by atoms with Crippen molar-refractivity contribution in [3.05, 3.63) is 42.0 Å². The van der Waals surface area contributed by atoms with E-state index in [0.717, 1.165) is 23.7 Å². The van der Waals surface area contributed by atoms with Crippen LogP contribution in [0.15, 0.2) is 36.4 Å². The molecule has 0 aliphatic carbocycles. The molecule has 2 aromatic carbocycles. The number of hydrogen-bond acceptors (Lipinski definition) is 3. The van der Waals surface area contributed by atoms with Crippen molar-refractivity contribution in [2.45, 2.75) is 59.3 Å². The van der Waals surface area contributed by atoms with Gasteiger partial charge < -0.3 is 14.8 Å². The normalized spacial score (nSPS) is 13.6. The molecule has 0 atom stereocenters. The van der Waals surface area contributed by atoms with E-state index >= 15 is 0 Å². The third kappa shape index (κ3) is 3.66. The van der Waals surface area contributed by atoms with Gasteiger partial charge in [0.25, 0.3) is 0 Å². The maximum atomic E-state index is 6.21. The smallest absolute Gasteiger partial charge is 0.162 e. The summed E-state index contributed by atoms with van der Waals surface area (Å²) in [6, 6.07) is 12.6. The van der Waals surface area contributed by atoms with Gasteiger partial charge in [-0.05, 0) is 70.9 Å². The second-order valence-electron chi connectivity index (χ2n) is 8.28. The summed E-state index contributed by atoms with van der Waals surface area (Å²) < 4.78 is 12.4. The Morgan fingerprint density at radius 3 is 2.00 bits per heavy atom. The van der Waals surface area contributed by atoms with Gasteiger partial charge in [-0.15, -0.1) is 0 Å². The van der Waals surface area contributed by atoms with E-state index in [0.29, 0.717) is 0 Å². The lowest BCUT2D eigenvalue weighted by Gasteiger charge is -2.30. The predicted molar refractivity (Wildman–Crippen MR) is 100.0 cm³/mol. The van der Waals surface area contributed by atoms with Crippen LogP contribution in [0.25, 0.3) is 11.1 Å². The third-order valence-electron chi connectivity index (χ3n) is 3.69. The molecule has 0 amide bonds. The maximum Gasteiger partial charge on any atom is 0.162 e. The van der Waals surface area contributed by atoms with Crippen LogP contribution in [0.5, 0.6) is 11.5 Å². The number of para-hydroxylation sites is 1. The summed E-state index contributed by atoms with van der Waals surface area (Å²) in [7, 11) is 0. The first kappa shape index (κ1) is 16.7. The van der Waals surface area contributed by atoms with Crippen molar-refractivity contribution in [2.24, 2.45) is 0 Å². The Balaban J connectivity index is 2.12. The van der Waals surface area contributed by atoms with Crippen molar-refractivity contribution in [3.8, 4) is 22.6 Å². The van der Waals surface area contributed by atoms with E-state index in [1.807, 2.05) is 0 Å². The molecule has 1 heterocycles. The summed E-state index contributed by atoms with van der Waals surface area (Å²) in [5.41, 5.74) is 4.26. The van der Waals surface area contributed by atoms with Crippen molar-refractivity contribution < 1.29 is 9.47 Å². The van der Waals surface area contributed by atoms with Crippen LogP contribution in [0.4, 0.5) is 5.69 Å². The Kier molecular flexibility index (Phi) is 3.98. The SMILES string of the molecule is CC(C)(C)Oc1cc2c(cc1OC(C)(C)C)-c1ccccc1NC2. The molecule has 0 bridgehead atoms. The van der Waals surface area contributed by atoms with E-state index in [9.17, 15) is 0 Å². The van der Waals surface area contributed by atoms with Gasteiger partial charge in [-0.3, -0.25) is 0 Å². The number of anilines is 1. The first-order chi connectivity index (χ1) is 11.1. The minimum atomic E-state index is -0.281. The quantitative estimate of drug-likeness (QED) is 0.775. The van der Waals surface area contributed by atoms with E-state index in [4.69, 9.17) is 9.47 Å². The third-order valence-corrected chi connectivity index (χ3v) is 3.69. The monoisotopic (exact) mass is 325 g/mol. The minimum absolute atomic E-state index is 0.274. The number of nitrogens with one attached hydrogen (secondary N) is 1. The Morgan fingerprint density at radius 1 is 0.792 bits per heavy atom. The van der Waals surface area contributed by atoms with Gasteiger partial charge in [0, 0.05) is 17.8 Å². The van der Waals surface area contributed by atoms with Crippen LogP contribution in [-0.2, 0) is 6.54 Å². The summed E-state index contributed by atoms with van der Waals surface area (Å²) in [6.07, 6.45) is 0. The van der Waals surface area contributed by atoms with Gasteiger partial charge in [0.15, 0.2) is 11.5 Å². The molecular weight excluding hydrogens is 298 g/mol. The molecule has 1 aliphatic heterocycles. The Morgan fingerprint density at radius 2 is 1.38 bits per heavy atom. The van der Waals surface area contributed by atoms with Gasteiger partial charge in [-0.1, -0.05) is 18.2 Å². The molecule has 3 nitrogen and oxygen atoms in total. The highest BCUT2D eigenvalue weighted by atomic mass is 16.5. The molecule has 1 aliphatic rings. The average molecular weight is 325 g/mol. The highest BCUT2D eigenvalue weighted by Gasteiger charge is 2.24. The lowest BCUT2D eigenvalue weighted by Crippen LogP contribution is -2.27. The summed E-state index contributed by atoms with van der Waals surface area (Å²) >= 11 is 0. The standard InChI is InChI=1S/C21H27NO2/c1-20(2,3)23-18-11-14-13-22-17-10-8-7-9-15(17)16(14)12-19(18)24-21(4,5)6/h7-12,22H,13H2,1-6H3. The van der Waals surface area contributed by atoms with Crippen molar-refractivity contribution in [1.29, 1.82) is 0 Å².